The summed E-state index contributed by atoms with van der Waals surface area (Å²) in [4.78, 5) is 11.8. The van der Waals surface area contributed by atoms with Gasteiger partial charge >= 0.3 is 0 Å². The van der Waals surface area contributed by atoms with Crippen molar-refractivity contribution in [3.8, 4) is 0 Å². The minimum absolute atomic E-state index is 0.271. The fourth-order valence-corrected chi connectivity index (χ4v) is 3.36. The number of aliphatic imine (C=N–C) groups is 2. The van der Waals surface area contributed by atoms with Gasteiger partial charge in [-0.25, -0.2) is 9.98 Å². The highest BCUT2D eigenvalue weighted by Crippen LogP contribution is 2.42. The number of aryl methyl sites for hydroxylation is 1. The number of hydrogen-bond acceptors (Lipinski definition) is 3. The highest BCUT2D eigenvalue weighted by Gasteiger charge is 2.33. The van der Waals surface area contributed by atoms with Gasteiger partial charge in [-0.2, -0.15) is 0 Å². The number of likely N-dealkylation sites (N-methyl/N-ethyl adjacent to an activating group) is 1. The van der Waals surface area contributed by atoms with Crippen LogP contribution in [-0.4, -0.2) is 37.1 Å². The topological polar surface area (TPSA) is 28.0 Å². The van der Waals surface area contributed by atoms with Gasteiger partial charge in [-0.3, -0.25) is 0 Å². The SMILES string of the molecule is Cc1ccc2c(c1)C1=C(CN(C)C)C3C=CC=CC3=NC1=N2. The summed E-state index contributed by atoms with van der Waals surface area (Å²) in [6, 6.07) is 6.46. The van der Waals surface area contributed by atoms with Gasteiger partial charge in [0.1, 0.15) is 0 Å². The van der Waals surface area contributed by atoms with Crippen molar-refractivity contribution < 1.29 is 0 Å². The Hall–Kier alpha value is -2.26. The lowest BCUT2D eigenvalue weighted by Crippen LogP contribution is -2.29. The Morgan fingerprint density at radius 2 is 2.00 bits per heavy atom. The van der Waals surface area contributed by atoms with E-state index in [1.165, 1.54) is 22.3 Å². The third-order valence-corrected chi connectivity index (χ3v) is 4.29. The van der Waals surface area contributed by atoms with Crippen LogP contribution in [-0.2, 0) is 0 Å². The molecule has 2 heterocycles. The summed E-state index contributed by atoms with van der Waals surface area (Å²) in [6.07, 6.45) is 8.53. The van der Waals surface area contributed by atoms with E-state index in [1.807, 2.05) is 0 Å². The fraction of sp³-hybridized carbons (Fsp3) is 0.263. The van der Waals surface area contributed by atoms with Gasteiger partial charge in [0.2, 0.25) is 0 Å². The minimum atomic E-state index is 0.271. The highest BCUT2D eigenvalue weighted by atomic mass is 15.1. The first kappa shape index (κ1) is 13.4. The molecule has 0 saturated heterocycles. The van der Waals surface area contributed by atoms with Crippen LogP contribution in [0, 0.1) is 12.8 Å². The fourth-order valence-electron chi connectivity index (χ4n) is 3.36. The Morgan fingerprint density at radius 1 is 1.14 bits per heavy atom. The van der Waals surface area contributed by atoms with Gasteiger partial charge in [-0.05, 0) is 44.8 Å². The van der Waals surface area contributed by atoms with E-state index in [2.05, 4.69) is 68.4 Å². The molecule has 3 heteroatoms. The van der Waals surface area contributed by atoms with Crippen LogP contribution in [0.15, 0.2) is 58.1 Å². The maximum absolute atomic E-state index is 4.82. The zero-order valence-corrected chi connectivity index (χ0v) is 13.2. The molecule has 3 nitrogen and oxygen atoms in total. The van der Waals surface area contributed by atoms with Crippen LogP contribution in [0.5, 0.6) is 0 Å². The summed E-state index contributed by atoms with van der Waals surface area (Å²) in [5, 5.41) is 0. The number of fused-ring (bicyclic) bond motifs is 4. The van der Waals surface area contributed by atoms with Gasteiger partial charge in [0.05, 0.1) is 11.4 Å². The Bertz CT molecular complexity index is 804. The van der Waals surface area contributed by atoms with Crippen LogP contribution < -0.4 is 0 Å². The average molecular weight is 289 g/mol. The molecule has 1 aromatic carbocycles. The van der Waals surface area contributed by atoms with Crippen LogP contribution in [0.2, 0.25) is 0 Å². The van der Waals surface area contributed by atoms with E-state index < -0.39 is 0 Å². The third kappa shape index (κ3) is 2.01. The van der Waals surface area contributed by atoms with Crippen LogP contribution in [0.3, 0.4) is 0 Å². The van der Waals surface area contributed by atoms with E-state index in [4.69, 9.17) is 9.98 Å². The van der Waals surface area contributed by atoms with Gasteiger partial charge in [-0.1, -0.05) is 29.9 Å². The molecule has 0 amide bonds. The predicted molar refractivity (Wildman–Crippen MR) is 93.0 cm³/mol. The second-order valence-corrected chi connectivity index (χ2v) is 6.35. The van der Waals surface area contributed by atoms with Gasteiger partial charge < -0.3 is 4.90 Å². The van der Waals surface area contributed by atoms with E-state index >= 15 is 0 Å². The number of nitrogens with zero attached hydrogens (tertiary/aromatic N) is 3. The van der Waals surface area contributed by atoms with Crippen molar-refractivity contribution in [1.29, 1.82) is 0 Å². The lowest BCUT2D eigenvalue weighted by molar-refractivity contribution is 0.438. The Kier molecular flexibility index (Phi) is 2.98. The number of benzene rings is 1. The van der Waals surface area contributed by atoms with Crippen LogP contribution in [0.1, 0.15) is 11.1 Å². The van der Waals surface area contributed by atoms with E-state index in [0.29, 0.717) is 0 Å². The molecule has 0 radical (unpaired) electrons. The average Bonchev–Trinajstić information content (AvgIpc) is 2.84. The number of amidine groups is 1. The molecular weight excluding hydrogens is 270 g/mol. The predicted octanol–water partition coefficient (Wildman–Crippen LogP) is 3.55. The minimum Gasteiger partial charge on any atom is -0.305 e. The largest absolute Gasteiger partial charge is 0.305 e. The summed E-state index contributed by atoms with van der Waals surface area (Å²) in [7, 11) is 4.23. The van der Waals surface area contributed by atoms with Crippen molar-refractivity contribution in [2.45, 2.75) is 6.92 Å². The molecular formula is C19H19N3. The lowest BCUT2D eigenvalue weighted by atomic mass is 9.82. The quantitative estimate of drug-likeness (QED) is 0.818. The van der Waals surface area contributed by atoms with Crippen molar-refractivity contribution in [3.63, 3.8) is 0 Å². The maximum Gasteiger partial charge on any atom is 0.160 e. The second-order valence-electron chi connectivity index (χ2n) is 6.35. The number of allylic oxidation sites excluding steroid dienone is 4. The van der Waals surface area contributed by atoms with Crippen molar-refractivity contribution in [2.75, 3.05) is 20.6 Å². The molecule has 4 rings (SSSR count). The Labute approximate surface area is 131 Å². The number of hydrogen-bond donors (Lipinski definition) is 0. The smallest absolute Gasteiger partial charge is 0.160 e. The van der Waals surface area contributed by atoms with Gasteiger partial charge in [-0.15, -0.1) is 0 Å². The monoisotopic (exact) mass is 289 g/mol. The summed E-state index contributed by atoms with van der Waals surface area (Å²) in [6.45, 7) is 3.05. The summed E-state index contributed by atoms with van der Waals surface area (Å²) in [5.74, 6) is 1.15. The Balaban J connectivity index is 1.95. The molecule has 1 aliphatic carbocycles. The molecule has 2 aliphatic heterocycles. The first-order valence-corrected chi connectivity index (χ1v) is 7.65. The van der Waals surface area contributed by atoms with Crippen molar-refractivity contribution >= 4 is 22.8 Å². The molecule has 1 unspecified atom stereocenters. The molecule has 3 aliphatic rings. The molecule has 0 spiro atoms. The van der Waals surface area contributed by atoms with Crippen molar-refractivity contribution in [2.24, 2.45) is 15.9 Å². The molecule has 0 fully saturated rings. The zero-order valence-electron chi connectivity index (χ0n) is 13.2. The second kappa shape index (κ2) is 4.89. The maximum atomic E-state index is 4.82. The van der Waals surface area contributed by atoms with Gasteiger partial charge in [0.15, 0.2) is 5.84 Å². The molecule has 1 aromatic rings. The zero-order chi connectivity index (χ0) is 15.3. The van der Waals surface area contributed by atoms with Crippen LogP contribution in [0.25, 0.3) is 5.57 Å². The van der Waals surface area contributed by atoms with Gasteiger partial charge in [0.25, 0.3) is 0 Å². The first-order valence-electron chi connectivity index (χ1n) is 7.65. The van der Waals surface area contributed by atoms with Crippen molar-refractivity contribution in [3.05, 3.63) is 59.2 Å². The molecule has 0 N–H and O–H groups in total. The van der Waals surface area contributed by atoms with E-state index in [0.717, 1.165) is 23.8 Å². The van der Waals surface area contributed by atoms with Crippen LogP contribution in [0.4, 0.5) is 5.69 Å². The summed E-state index contributed by atoms with van der Waals surface area (Å²) >= 11 is 0. The molecule has 1 atom stereocenters. The number of rotatable bonds is 2. The highest BCUT2D eigenvalue weighted by molar-refractivity contribution is 6.34. The molecule has 0 aromatic heterocycles. The third-order valence-electron chi connectivity index (χ3n) is 4.29. The molecule has 22 heavy (non-hydrogen) atoms. The van der Waals surface area contributed by atoms with E-state index in [9.17, 15) is 0 Å². The lowest BCUT2D eigenvalue weighted by Gasteiger charge is -2.28. The van der Waals surface area contributed by atoms with Crippen LogP contribution >= 0.6 is 0 Å². The Morgan fingerprint density at radius 3 is 2.82 bits per heavy atom. The van der Waals surface area contributed by atoms with E-state index in [-0.39, 0.29) is 5.92 Å². The van der Waals surface area contributed by atoms with E-state index in [1.54, 1.807) is 0 Å². The molecule has 0 saturated carbocycles. The summed E-state index contributed by atoms with van der Waals surface area (Å²) in [5.41, 5.74) is 7.28. The normalized spacial score (nSPS) is 21.5. The molecule has 110 valence electrons. The number of dihydropyridines is 1. The molecule has 0 bridgehead atoms. The standard InChI is InChI=1S/C19H19N3/c1-12-8-9-17-14(10-12)18-15(11-22(2)3)13-6-4-5-7-16(13)20-19(18)21-17/h4-10,13H,11H2,1-3H3. The summed E-state index contributed by atoms with van der Waals surface area (Å²) < 4.78 is 0. The first-order chi connectivity index (χ1) is 10.6. The van der Waals surface area contributed by atoms with Gasteiger partial charge in [0, 0.05) is 23.6 Å². The van der Waals surface area contributed by atoms with Crippen molar-refractivity contribution in [1.82, 2.24) is 4.90 Å².